The van der Waals surface area contributed by atoms with Crippen LogP contribution < -0.4 is 14.2 Å². The zero-order valence-corrected chi connectivity index (χ0v) is 26.3. The van der Waals surface area contributed by atoms with Gasteiger partial charge >= 0.3 is 12.1 Å². The number of carboxylic acids is 1. The maximum Gasteiger partial charge on any atom is 0.490 e. The number of methoxy groups -OCH3 is 4. The number of nitrogens with zero attached hydrogens (tertiary/aromatic N) is 6. The summed E-state index contributed by atoms with van der Waals surface area (Å²) >= 11 is 0. The van der Waals surface area contributed by atoms with Crippen molar-refractivity contribution in [1.82, 2.24) is 29.7 Å². The van der Waals surface area contributed by atoms with E-state index in [0.29, 0.717) is 34.5 Å². The Morgan fingerprint density at radius 1 is 0.957 bits per heavy atom. The van der Waals surface area contributed by atoms with Gasteiger partial charge in [0.2, 0.25) is 0 Å². The highest BCUT2D eigenvalue weighted by Crippen LogP contribution is 2.37. The lowest BCUT2D eigenvalue weighted by atomic mass is 10.2. The maximum absolute atomic E-state index is 13.8. The minimum absolute atomic E-state index is 0.147. The van der Waals surface area contributed by atoms with Gasteiger partial charge in [0.1, 0.15) is 34.7 Å². The summed E-state index contributed by atoms with van der Waals surface area (Å²) in [6.07, 6.45) is -3.10. The van der Waals surface area contributed by atoms with Gasteiger partial charge in [0.15, 0.2) is 33.1 Å². The molecule has 0 radical (unpaired) electrons. The summed E-state index contributed by atoms with van der Waals surface area (Å²) in [6, 6.07) is 10.7. The maximum atomic E-state index is 13.8. The number of benzene rings is 1. The van der Waals surface area contributed by atoms with Crippen LogP contribution in [0, 0.1) is 6.92 Å². The number of aromatic nitrogens is 6. The number of carboxylic acid groups (broad SMARTS) is 1. The third kappa shape index (κ3) is 8.25. The van der Waals surface area contributed by atoms with Crippen molar-refractivity contribution in [2.45, 2.75) is 37.1 Å². The number of para-hydroxylation sites is 1. The summed E-state index contributed by atoms with van der Waals surface area (Å²) in [4.78, 5) is 21.9. The molecule has 0 fully saturated rings. The Kier molecular flexibility index (Phi) is 11.6. The number of hydrogen-bond acceptors (Lipinski definition) is 12. The number of sulfone groups is 1. The van der Waals surface area contributed by atoms with Crippen LogP contribution in [0.15, 0.2) is 48.8 Å². The number of alkyl halides is 3. The first-order chi connectivity index (χ1) is 21.7. The molecule has 3 heterocycles. The van der Waals surface area contributed by atoms with Crippen molar-refractivity contribution in [3.8, 4) is 34.5 Å². The van der Waals surface area contributed by atoms with Gasteiger partial charge in [-0.15, -0.1) is 10.2 Å². The number of carbonyl (C=O) groups is 1. The minimum Gasteiger partial charge on any atom is -0.494 e. The molecule has 0 bridgehead atoms. The molecule has 46 heavy (non-hydrogen) atoms. The van der Waals surface area contributed by atoms with E-state index in [9.17, 15) is 21.6 Å². The minimum atomic E-state index is -5.08. The number of pyridine rings is 1. The third-order valence-corrected chi connectivity index (χ3v) is 8.47. The quantitative estimate of drug-likeness (QED) is 0.244. The second-order valence-corrected chi connectivity index (χ2v) is 11.8. The summed E-state index contributed by atoms with van der Waals surface area (Å²) in [5.74, 6) is -1.20. The molecule has 4 aromatic rings. The lowest BCUT2D eigenvalue weighted by molar-refractivity contribution is -0.192. The van der Waals surface area contributed by atoms with Crippen molar-refractivity contribution in [3.05, 3.63) is 66.1 Å². The monoisotopic (exact) mass is 668 g/mol. The molecule has 14 nitrogen and oxygen atoms in total. The summed E-state index contributed by atoms with van der Waals surface area (Å²) in [5, 5.41) is 14.7. The normalized spacial score (nSPS) is 12.8. The number of halogens is 3. The second-order valence-electron chi connectivity index (χ2n) is 9.40. The summed E-state index contributed by atoms with van der Waals surface area (Å²) in [6.45, 7) is 3.40. The van der Waals surface area contributed by atoms with Crippen molar-refractivity contribution < 1.29 is 50.4 Å². The van der Waals surface area contributed by atoms with Gasteiger partial charge in [0, 0.05) is 12.8 Å². The van der Waals surface area contributed by atoms with Gasteiger partial charge in [-0.25, -0.2) is 28.2 Å². The summed E-state index contributed by atoms with van der Waals surface area (Å²) < 4.78 is 82.8. The van der Waals surface area contributed by atoms with Crippen LogP contribution in [0.3, 0.4) is 0 Å². The number of aliphatic carboxylic acids is 1. The fraction of sp³-hybridized carbons (Fsp3) is 0.357. The predicted molar refractivity (Wildman–Crippen MR) is 157 cm³/mol. The van der Waals surface area contributed by atoms with Gasteiger partial charge in [0.25, 0.3) is 0 Å². The molecule has 0 spiro atoms. The smallest absolute Gasteiger partial charge is 0.490 e. The molecule has 0 aliphatic heterocycles. The molecule has 3 aromatic heterocycles. The average molecular weight is 669 g/mol. The molecule has 1 N–H and O–H groups in total. The summed E-state index contributed by atoms with van der Waals surface area (Å²) in [7, 11) is 2.04. The van der Waals surface area contributed by atoms with Gasteiger partial charge in [-0.2, -0.15) is 13.2 Å². The zero-order chi connectivity index (χ0) is 34.2. The van der Waals surface area contributed by atoms with Crippen molar-refractivity contribution in [2.75, 3.05) is 28.4 Å². The molecule has 248 valence electrons. The Bertz CT molecular complexity index is 1730. The molecule has 0 saturated heterocycles. The van der Waals surface area contributed by atoms with E-state index < -0.39 is 39.1 Å². The Labute approximate surface area is 262 Å². The van der Waals surface area contributed by atoms with Crippen molar-refractivity contribution in [2.24, 2.45) is 0 Å². The van der Waals surface area contributed by atoms with Crippen molar-refractivity contribution >= 4 is 15.8 Å². The molecule has 2 atom stereocenters. The largest absolute Gasteiger partial charge is 0.494 e. The van der Waals surface area contributed by atoms with Gasteiger partial charge in [-0.1, -0.05) is 12.1 Å². The Morgan fingerprint density at radius 3 is 2.00 bits per heavy atom. The Balaban J connectivity index is 0.000000738. The zero-order valence-electron chi connectivity index (χ0n) is 25.5. The van der Waals surface area contributed by atoms with Crippen molar-refractivity contribution in [1.29, 1.82) is 0 Å². The molecule has 0 unspecified atom stereocenters. The standard InChI is InChI=1S/C26H30N6O6S.C2HF3O2/c1-16-9-7-10-19(29-16)26-31-30-22(32(26)23-20(36-4)11-8-12-21(23)37-5)15-39(33,34)17(2)24(38-6)25-27-13-18(35-3)14-28-25;3-2(4,5)1(6)7/h7-14,17,24H,15H2,1-6H3;(H,6,7)/t17-,24+;/m1./s1. The molecular weight excluding hydrogens is 637 g/mol. The molecule has 0 aliphatic carbocycles. The van der Waals surface area contributed by atoms with Crippen LogP contribution in [0.2, 0.25) is 0 Å². The highest BCUT2D eigenvalue weighted by molar-refractivity contribution is 7.91. The first-order valence-corrected chi connectivity index (χ1v) is 14.9. The predicted octanol–water partition coefficient (Wildman–Crippen LogP) is 3.78. The molecule has 0 amide bonds. The van der Waals surface area contributed by atoms with Gasteiger partial charge in [-0.05, 0) is 38.1 Å². The molecule has 1 aromatic carbocycles. The average Bonchev–Trinajstić information content (AvgIpc) is 3.43. The summed E-state index contributed by atoms with van der Waals surface area (Å²) in [5.41, 5.74) is 1.72. The molecule has 4 rings (SSSR count). The van der Waals surface area contributed by atoms with Crippen LogP contribution in [0.5, 0.6) is 17.2 Å². The highest BCUT2D eigenvalue weighted by atomic mass is 32.2. The van der Waals surface area contributed by atoms with E-state index >= 15 is 0 Å². The van der Waals surface area contributed by atoms with E-state index in [4.69, 9.17) is 28.8 Å². The number of rotatable bonds is 11. The fourth-order valence-corrected chi connectivity index (χ4v) is 5.53. The van der Waals surface area contributed by atoms with Crippen LogP contribution >= 0.6 is 0 Å². The number of ether oxygens (including phenoxy) is 4. The van der Waals surface area contributed by atoms with Crippen molar-refractivity contribution in [3.63, 3.8) is 0 Å². The van der Waals surface area contributed by atoms with Crippen LogP contribution in [-0.4, -0.2) is 89.1 Å². The van der Waals surface area contributed by atoms with E-state index in [1.165, 1.54) is 40.8 Å². The van der Waals surface area contributed by atoms with Crippen LogP contribution in [0.1, 0.15) is 30.4 Å². The molecule has 18 heteroatoms. The first-order valence-electron chi connectivity index (χ1n) is 13.2. The Hall–Kier alpha value is -4.84. The molecule has 0 aliphatic rings. The molecule has 0 saturated carbocycles. The number of aryl methyl sites for hydroxylation is 1. The van der Waals surface area contributed by atoms with E-state index in [0.717, 1.165) is 5.69 Å². The lowest BCUT2D eigenvalue weighted by Gasteiger charge is -2.22. The van der Waals surface area contributed by atoms with E-state index in [-0.39, 0.29) is 11.6 Å². The van der Waals surface area contributed by atoms with E-state index in [2.05, 4.69) is 25.1 Å². The SMILES string of the molecule is COc1cnc([C@@H](OC)[C@@H](C)S(=O)(=O)Cc2nnc(-c3cccc(C)n3)n2-c2c(OC)cccc2OC)nc1.O=C(O)C(F)(F)F. The Morgan fingerprint density at radius 2 is 1.52 bits per heavy atom. The lowest BCUT2D eigenvalue weighted by Crippen LogP contribution is -2.30. The third-order valence-electron chi connectivity index (χ3n) is 6.43. The number of hydrogen-bond donors (Lipinski definition) is 1. The van der Waals surface area contributed by atoms with Crippen LogP contribution in [-0.2, 0) is 25.1 Å². The molecular formula is C28H31F3N6O8S. The second kappa shape index (κ2) is 15.0. The van der Waals surface area contributed by atoms with Crippen LogP contribution in [0.25, 0.3) is 17.2 Å². The fourth-order valence-electron chi connectivity index (χ4n) is 4.12. The van der Waals surface area contributed by atoms with Crippen LogP contribution in [0.4, 0.5) is 13.2 Å². The van der Waals surface area contributed by atoms with Gasteiger partial charge in [-0.3, -0.25) is 4.57 Å². The highest BCUT2D eigenvalue weighted by Gasteiger charge is 2.38. The van der Waals surface area contributed by atoms with E-state index in [1.807, 2.05) is 19.1 Å². The van der Waals surface area contributed by atoms with Gasteiger partial charge < -0.3 is 24.1 Å². The van der Waals surface area contributed by atoms with Gasteiger partial charge in [0.05, 0.1) is 39.0 Å². The topological polar surface area (TPSA) is 178 Å². The first kappa shape index (κ1) is 35.6. The van der Waals surface area contributed by atoms with E-state index in [1.54, 1.807) is 35.8 Å².